The molecule has 0 atom stereocenters. The van der Waals surface area contributed by atoms with Gasteiger partial charge in [-0.05, 0) is 22.6 Å². The number of hydrogen-bond acceptors (Lipinski definition) is 5. The predicted molar refractivity (Wildman–Crippen MR) is 90.9 cm³/mol. The van der Waals surface area contributed by atoms with Crippen LogP contribution in [0.2, 0.25) is 10.0 Å². The van der Waals surface area contributed by atoms with Gasteiger partial charge in [0.1, 0.15) is 5.82 Å². The van der Waals surface area contributed by atoms with Crippen molar-refractivity contribution >= 4 is 40.6 Å². The second-order valence-corrected chi connectivity index (χ2v) is 5.89. The first-order valence-corrected chi connectivity index (χ1v) is 7.76. The molecule has 2 heterocycles. The lowest BCUT2D eigenvalue weighted by Gasteiger charge is -2.04. The standard InChI is InChI=1S/C14H9Cl2FN6O3/c15-10-3-8(17)2-1-7(10)5-22-6-9(4-18-22)19-14(24)12-11(16)13(21-20-12)23(25)26/h1-4,6H,5H2,(H,19,24)(H,20,21). The molecular formula is C14H9Cl2FN6O3. The molecule has 2 N–H and O–H groups in total. The Kier molecular flexibility index (Phi) is 4.87. The lowest BCUT2D eigenvalue weighted by Crippen LogP contribution is -2.12. The second-order valence-electron chi connectivity index (χ2n) is 5.11. The number of nitrogens with one attached hydrogen (secondary N) is 2. The molecule has 3 rings (SSSR count). The maximum atomic E-state index is 13.1. The number of amides is 1. The first kappa shape index (κ1) is 17.8. The summed E-state index contributed by atoms with van der Waals surface area (Å²) >= 11 is 11.7. The van der Waals surface area contributed by atoms with Crippen LogP contribution in [0.3, 0.4) is 0 Å². The molecule has 9 nitrogen and oxygen atoms in total. The second kappa shape index (κ2) is 7.10. The van der Waals surface area contributed by atoms with Crippen molar-refractivity contribution in [1.29, 1.82) is 0 Å². The Hall–Kier alpha value is -2.98. The van der Waals surface area contributed by atoms with Crippen LogP contribution in [0.4, 0.5) is 15.9 Å². The van der Waals surface area contributed by atoms with Crippen molar-refractivity contribution in [3.63, 3.8) is 0 Å². The smallest absolute Gasteiger partial charge is 0.358 e. The highest BCUT2D eigenvalue weighted by molar-refractivity contribution is 6.35. The van der Waals surface area contributed by atoms with Crippen LogP contribution >= 0.6 is 23.2 Å². The molecule has 1 aromatic carbocycles. The van der Waals surface area contributed by atoms with Crippen molar-refractivity contribution in [2.45, 2.75) is 6.54 Å². The minimum absolute atomic E-state index is 0.252. The van der Waals surface area contributed by atoms with E-state index in [0.717, 1.165) is 0 Å². The summed E-state index contributed by atoms with van der Waals surface area (Å²) in [5.74, 6) is -1.76. The summed E-state index contributed by atoms with van der Waals surface area (Å²) in [5, 5.41) is 22.7. The molecule has 0 fully saturated rings. The third-order valence-corrected chi connectivity index (χ3v) is 4.04. The van der Waals surface area contributed by atoms with Gasteiger partial charge in [-0.25, -0.2) is 4.39 Å². The molecule has 0 unspecified atom stereocenters. The molecule has 3 aromatic rings. The SMILES string of the molecule is O=C(Nc1cnn(Cc2ccc(F)cc2Cl)c1)c1n[nH]c([N+](=O)[O-])c1Cl. The van der Waals surface area contributed by atoms with E-state index < -0.39 is 27.5 Å². The quantitative estimate of drug-likeness (QED) is 0.504. The van der Waals surface area contributed by atoms with Crippen LogP contribution in [0.1, 0.15) is 16.1 Å². The number of aromatic amines is 1. The zero-order chi connectivity index (χ0) is 18.8. The number of carbonyl (C=O) groups excluding carboxylic acids is 1. The Morgan fingerprint density at radius 2 is 2.19 bits per heavy atom. The van der Waals surface area contributed by atoms with Crippen LogP contribution < -0.4 is 5.32 Å². The molecule has 1 amide bonds. The van der Waals surface area contributed by atoms with Gasteiger partial charge in [0.25, 0.3) is 5.91 Å². The summed E-state index contributed by atoms with van der Waals surface area (Å²) in [4.78, 5) is 22.1. The van der Waals surface area contributed by atoms with Gasteiger partial charge in [0.05, 0.1) is 18.4 Å². The van der Waals surface area contributed by atoms with Crippen LogP contribution in [0.25, 0.3) is 0 Å². The fourth-order valence-electron chi connectivity index (χ4n) is 2.12. The minimum Gasteiger partial charge on any atom is -0.358 e. The van der Waals surface area contributed by atoms with Gasteiger partial charge < -0.3 is 15.4 Å². The highest BCUT2D eigenvalue weighted by atomic mass is 35.5. The third-order valence-electron chi connectivity index (χ3n) is 3.33. The van der Waals surface area contributed by atoms with E-state index in [1.54, 1.807) is 0 Å². The summed E-state index contributed by atoms with van der Waals surface area (Å²) in [6, 6.07) is 4.00. The van der Waals surface area contributed by atoms with Gasteiger partial charge in [0.2, 0.25) is 0 Å². The number of benzene rings is 1. The zero-order valence-electron chi connectivity index (χ0n) is 12.7. The van der Waals surface area contributed by atoms with E-state index in [-0.39, 0.29) is 17.3 Å². The van der Waals surface area contributed by atoms with Crippen LogP contribution in [-0.2, 0) is 6.54 Å². The Balaban J connectivity index is 1.72. The van der Waals surface area contributed by atoms with Crippen LogP contribution in [0.5, 0.6) is 0 Å². The van der Waals surface area contributed by atoms with E-state index in [9.17, 15) is 19.3 Å². The minimum atomic E-state index is -0.781. The van der Waals surface area contributed by atoms with E-state index in [2.05, 4.69) is 20.6 Å². The van der Waals surface area contributed by atoms with Crippen molar-refractivity contribution in [3.8, 4) is 0 Å². The van der Waals surface area contributed by atoms with Gasteiger partial charge >= 0.3 is 5.82 Å². The number of H-pyrrole nitrogens is 1. The molecule has 0 bridgehead atoms. The van der Waals surface area contributed by atoms with Crippen LogP contribution in [0, 0.1) is 15.9 Å². The summed E-state index contributed by atoms with van der Waals surface area (Å²) < 4.78 is 14.5. The molecule has 2 aromatic heterocycles. The number of aromatic nitrogens is 4. The molecule has 0 spiro atoms. The van der Waals surface area contributed by atoms with Crippen molar-refractivity contribution in [3.05, 3.63) is 67.8 Å². The van der Waals surface area contributed by atoms with Crippen molar-refractivity contribution in [2.24, 2.45) is 0 Å². The maximum absolute atomic E-state index is 13.1. The molecule has 134 valence electrons. The Bertz CT molecular complexity index is 1000. The van der Waals surface area contributed by atoms with Gasteiger partial charge in [-0.15, -0.1) is 5.10 Å². The van der Waals surface area contributed by atoms with Crippen LogP contribution in [-0.4, -0.2) is 30.8 Å². The fraction of sp³-hybridized carbons (Fsp3) is 0.0714. The lowest BCUT2D eigenvalue weighted by atomic mass is 10.2. The van der Waals surface area contributed by atoms with Gasteiger partial charge in [-0.2, -0.15) is 5.10 Å². The molecule has 0 aliphatic heterocycles. The van der Waals surface area contributed by atoms with Gasteiger partial charge in [0.15, 0.2) is 10.7 Å². The van der Waals surface area contributed by atoms with E-state index in [1.807, 2.05) is 0 Å². The van der Waals surface area contributed by atoms with E-state index in [0.29, 0.717) is 11.3 Å². The van der Waals surface area contributed by atoms with Gasteiger partial charge in [-0.1, -0.05) is 34.4 Å². The van der Waals surface area contributed by atoms with Crippen molar-refractivity contribution in [2.75, 3.05) is 5.32 Å². The van der Waals surface area contributed by atoms with Crippen molar-refractivity contribution in [1.82, 2.24) is 20.0 Å². The molecule has 0 aliphatic rings. The normalized spacial score (nSPS) is 10.7. The van der Waals surface area contributed by atoms with Gasteiger partial charge in [0, 0.05) is 11.2 Å². The molecule has 12 heteroatoms. The van der Waals surface area contributed by atoms with Crippen molar-refractivity contribution < 1.29 is 14.1 Å². The average molecular weight is 399 g/mol. The first-order valence-electron chi connectivity index (χ1n) is 7.01. The summed E-state index contributed by atoms with van der Waals surface area (Å²) in [6.07, 6.45) is 2.87. The number of carbonyl (C=O) groups is 1. The predicted octanol–water partition coefficient (Wildman–Crippen LogP) is 3.26. The maximum Gasteiger partial charge on any atom is 0.362 e. The fourth-order valence-corrected chi connectivity index (χ4v) is 2.59. The number of nitro groups is 1. The highest BCUT2D eigenvalue weighted by Crippen LogP contribution is 2.25. The third kappa shape index (κ3) is 3.65. The topological polar surface area (TPSA) is 119 Å². The van der Waals surface area contributed by atoms with E-state index in [4.69, 9.17) is 23.2 Å². The average Bonchev–Trinajstić information content (AvgIpc) is 3.16. The number of hydrogen-bond donors (Lipinski definition) is 2. The van der Waals surface area contributed by atoms with E-state index in [1.165, 1.54) is 35.3 Å². The Morgan fingerprint density at radius 3 is 2.85 bits per heavy atom. The summed E-state index contributed by atoms with van der Waals surface area (Å²) in [7, 11) is 0. The van der Waals surface area contributed by atoms with E-state index >= 15 is 0 Å². The largest absolute Gasteiger partial charge is 0.362 e. The van der Waals surface area contributed by atoms with Gasteiger partial charge in [-0.3, -0.25) is 9.48 Å². The number of rotatable bonds is 5. The number of halogens is 3. The summed E-state index contributed by atoms with van der Waals surface area (Å²) in [5.41, 5.74) is 0.641. The Morgan fingerprint density at radius 1 is 1.42 bits per heavy atom. The number of nitrogens with zero attached hydrogens (tertiary/aromatic N) is 4. The number of anilines is 1. The highest BCUT2D eigenvalue weighted by Gasteiger charge is 2.25. The molecular weight excluding hydrogens is 390 g/mol. The molecule has 0 saturated heterocycles. The Labute approximate surface area is 154 Å². The molecule has 0 saturated carbocycles. The lowest BCUT2D eigenvalue weighted by molar-refractivity contribution is -0.389. The molecule has 0 aliphatic carbocycles. The molecule has 26 heavy (non-hydrogen) atoms. The van der Waals surface area contributed by atoms with Crippen LogP contribution in [0.15, 0.2) is 30.6 Å². The summed E-state index contributed by atoms with van der Waals surface area (Å²) in [6.45, 7) is 0.254. The molecule has 0 radical (unpaired) electrons. The first-order chi connectivity index (χ1) is 12.3. The zero-order valence-corrected chi connectivity index (χ0v) is 14.3. The monoisotopic (exact) mass is 398 g/mol.